The molecule has 0 unspecified atom stereocenters. The van der Waals surface area contributed by atoms with E-state index in [0.717, 1.165) is 0 Å². The summed E-state index contributed by atoms with van der Waals surface area (Å²) in [6.45, 7) is 3.92. The molecule has 5 rings (SSSR count). The molecule has 13 heteroatoms. The van der Waals surface area contributed by atoms with Crippen LogP contribution >= 0.6 is 0 Å². The highest BCUT2D eigenvalue weighted by molar-refractivity contribution is 6.02. The number of amides is 5. The molecule has 3 atom stereocenters. The number of aliphatic hydroxyl groups excluding tert-OH is 1. The Morgan fingerprint density at radius 2 is 1.61 bits per heavy atom. The van der Waals surface area contributed by atoms with Gasteiger partial charge in [-0.1, -0.05) is 6.92 Å². The van der Waals surface area contributed by atoms with Crippen molar-refractivity contribution in [1.82, 2.24) is 9.80 Å². The lowest BCUT2D eigenvalue weighted by Crippen LogP contribution is -2.50. The Bertz CT molecular complexity index is 1540. The number of nitrogens with zero attached hydrogens (tertiary/aromatic N) is 2. The third kappa shape index (κ3) is 6.94. The highest BCUT2D eigenvalue weighted by Gasteiger charge is 2.34. The minimum Gasteiger partial charge on any atom is -0.487 e. The highest BCUT2D eigenvalue weighted by atomic mass is 19.1. The lowest BCUT2D eigenvalue weighted by molar-refractivity contribution is 0.0371. The Hall–Kier alpha value is -5.04. The fourth-order valence-electron chi connectivity index (χ4n) is 4.89. The molecule has 0 saturated heterocycles. The van der Waals surface area contributed by atoms with Gasteiger partial charge < -0.3 is 45.1 Å². The first-order valence-electron chi connectivity index (χ1n) is 14.1. The third-order valence-electron chi connectivity index (χ3n) is 7.45. The minimum absolute atomic E-state index is 0.112. The average molecular weight is 608 g/mol. The largest absolute Gasteiger partial charge is 0.487 e. The lowest BCUT2D eigenvalue weighted by atomic mass is 9.99. The first kappa shape index (κ1) is 30.4. The van der Waals surface area contributed by atoms with Gasteiger partial charge in [0.2, 0.25) is 6.79 Å². The maximum Gasteiger partial charge on any atom is 0.323 e. The van der Waals surface area contributed by atoms with E-state index in [2.05, 4.69) is 16.0 Å². The maximum absolute atomic E-state index is 13.7. The van der Waals surface area contributed by atoms with Gasteiger partial charge in [-0.3, -0.25) is 4.79 Å². The Morgan fingerprint density at radius 1 is 0.977 bits per heavy atom. The molecule has 0 spiro atoms. The summed E-state index contributed by atoms with van der Waals surface area (Å²) in [6, 6.07) is 13.7. The number of aliphatic hydroxyl groups is 1. The molecule has 2 aliphatic heterocycles. The number of rotatable bonds is 7. The van der Waals surface area contributed by atoms with Gasteiger partial charge in [0, 0.05) is 42.6 Å². The van der Waals surface area contributed by atoms with Crippen LogP contribution in [-0.4, -0.2) is 78.6 Å². The van der Waals surface area contributed by atoms with Crippen molar-refractivity contribution in [3.8, 4) is 17.2 Å². The van der Waals surface area contributed by atoms with Gasteiger partial charge in [0.1, 0.15) is 17.7 Å². The van der Waals surface area contributed by atoms with Crippen LogP contribution in [-0.2, 0) is 0 Å². The minimum atomic E-state index is -0.538. The molecule has 0 radical (unpaired) electrons. The zero-order valence-corrected chi connectivity index (χ0v) is 24.5. The van der Waals surface area contributed by atoms with E-state index in [1.807, 2.05) is 6.92 Å². The van der Waals surface area contributed by atoms with E-state index in [0.29, 0.717) is 28.6 Å². The molecule has 0 saturated carbocycles. The number of likely N-dealkylation sites (N-methyl/N-ethyl adjacent to an activating group) is 1. The average Bonchev–Trinajstić information content (AvgIpc) is 3.48. The van der Waals surface area contributed by atoms with Crippen LogP contribution in [0.25, 0.3) is 0 Å². The van der Waals surface area contributed by atoms with Gasteiger partial charge in [-0.05, 0) is 61.5 Å². The monoisotopic (exact) mass is 607 g/mol. The van der Waals surface area contributed by atoms with E-state index in [-0.39, 0.29) is 49.6 Å². The van der Waals surface area contributed by atoms with Crippen molar-refractivity contribution in [2.45, 2.75) is 26.0 Å². The zero-order chi connectivity index (χ0) is 31.4. The number of halogens is 1. The third-order valence-corrected chi connectivity index (χ3v) is 7.45. The van der Waals surface area contributed by atoms with E-state index in [1.165, 1.54) is 35.2 Å². The van der Waals surface area contributed by atoms with Crippen molar-refractivity contribution < 1.29 is 38.1 Å². The number of carbonyl (C=O) groups is 3. The fourth-order valence-corrected chi connectivity index (χ4v) is 4.89. The van der Waals surface area contributed by atoms with E-state index in [1.54, 1.807) is 49.2 Å². The van der Waals surface area contributed by atoms with E-state index in [9.17, 15) is 23.9 Å². The summed E-state index contributed by atoms with van der Waals surface area (Å²) in [5.41, 5.74) is 1.47. The first-order chi connectivity index (χ1) is 21.1. The quantitative estimate of drug-likeness (QED) is 0.308. The molecule has 3 aromatic carbocycles. The standard InChI is InChI=1S/C31H34FN5O7/c1-18-14-37(19(2)16-38)29(39)24-12-22(33-30(40)34-23-9-11-26-27(13-23)43-17-42-26)8-10-25(24)44-28(18)15-36(3)31(41)35-21-6-4-20(32)5-7-21/h4-13,18-19,28,38H,14-17H2,1-3H3,(H,35,41)(H2,33,34,40)/t18-,19+,28-/m1/s1. The van der Waals surface area contributed by atoms with Crippen LogP contribution in [0, 0.1) is 11.7 Å². The van der Waals surface area contributed by atoms with E-state index in [4.69, 9.17) is 14.2 Å². The van der Waals surface area contributed by atoms with Crippen molar-refractivity contribution in [3.63, 3.8) is 0 Å². The summed E-state index contributed by atoms with van der Waals surface area (Å²) in [5.74, 6) is 0.376. The number of fused-ring (bicyclic) bond motifs is 2. The van der Waals surface area contributed by atoms with Gasteiger partial charge in [0.05, 0.1) is 24.8 Å². The number of anilines is 3. The molecule has 0 bridgehead atoms. The summed E-state index contributed by atoms with van der Waals surface area (Å²) in [4.78, 5) is 42.4. The van der Waals surface area contributed by atoms with Crippen molar-refractivity contribution in [2.75, 3.05) is 49.5 Å². The summed E-state index contributed by atoms with van der Waals surface area (Å²) in [5, 5.41) is 18.1. The lowest BCUT2D eigenvalue weighted by Gasteiger charge is -2.38. The summed E-state index contributed by atoms with van der Waals surface area (Å²) in [6.07, 6.45) is -0.535. The van der Waals surface area contributed by atoms with Crippen LogP contribution < -0.4 is 30.2 Å². The summed E-state index contributed by atoms with van der Waals surface area (Å²) >= 11 is 0. The first-order valence-corrected chi connectivity index (χ1v) is 14.1. The number of hydrogen-bond donors (Lipinski definition) is 4. The molecule has 4 N–H and O–H groups in total. The van der Waals surface area contributed by atoms with Gasteiger partial charge >= 0.3 is 12.1 Å². The molecule has 0 aromatic heterocycles. The van der Waals surface area contributed by atoms with Crippen LogP contribution in [0.3, 0.4) is 0 Å². The molecular weight excluding hydrogens is 573 g/mol. The molecule has 0 fully saturated rings. The number of urea groups is 2. The normalized spacial score (nSPS) is 17.8. The molecule has 2 aliphatic rings. The summed E-state index contributed by atoms with van der Waals surface area (Å²) < 4.78 is 30.2. The predicted octanol–water partition coefficient (Wildman–Crippen LogP) is 4.58. The Kier molecular flexibility index (Phi) is 9.04. The van der Waals surface area contributed by atoms with E-state index < -0.39 is 30.0 Å². The van der Waals surface area contributed by atoms with Gasteiger partial charge in [-0.2, -0.15) is 0 Å². The van der Waals surface area contributed by atoms with Crippen LogP contribution in [0.15, 0.2) is 60.7 Å². The maximum atomic E-state index is 13.7. The molecule has 232 valence electrons. The van der Waals surface area contributed by atoms with Crippen molar-refractivity contribution in [2.24, 2.45) is 5.92 Å². The second-order valence-corrected chi connectivity index (χ2v) is 10.8. The predicted molar refractivity (Wildman–Crippen MR) is 161 cm³/mol. The SMILES string of the molecule is C[C@@H]1CN([C@@H](C)CO)C(=O)c2cc(NC(=O)Nc3ccc4c(c3)OCO4)ccc2O[C@@H]1CN(C)C(=O)Nc1ccc(F)cc1. The topological polar surface area (TPSA) is 142 Å². The second kappa shape index (κ2) is 13.1. The Morgan fingerprint density at radius 3 is 2.32 bits per heavy atom. The van der Waals surface area contributed by atoms with Crippen LogP contribution in [0.5, 0.6) is 17.2 Å². The summed E-state index contributed by atoms with van der Waals surface area (Å²) in [7, 11) is 1.61. The van der Waals surface area contributed by atoms with Gasteiger partial charge in [-0.15, -0.1) is 0 Å². The van der Waals surface area contributed by atoms with Crippen molar-refractivity contribution in [3.05, 3.63) is 72.0 Å². The van der Waals surface area contributed by atoms with Crippen molar-refractivity contribution in [1.29, 1.82) is 0 Å². The van der Waals surface area contributed by atoms with Gasteiger partial charge in [-0.25, -0.2) is 14.0 Å². The molecule has 5 amide bonds. The number of carbonyl (C=O) groups excluding carboxylic acids is 3. The van der Waals surface area contributed by atoms with Gasteiger partial charge in [0.25, 0.3) is 5.91 Å². The molecule has 2 heterocycles. The number of ether oxygens (including phenoxy) is 3. The molecular formula is C31H34FN5O7. The molecule has 0 aliphatic carbocycles. The van der Waals surface area contributed by atoms with Gasteiger partial charge in [0.15, 0.2) is 11.5 Å². The van der Waals surface area contributed by atoms with Crippen LogP contribution in [0.1, 0.15) is 24.2 Å². The highest BCUT2D eigenvalue weighted by Crippen LogP contribution is 2.34. The molecule has 3 aromatic rings. The van der Waals surface area contributed by atoms with E-state index >= 15 is 0 Å². The fraction of sp³-hybridized carbons (Fsp3) is 0.323. The Labute approximate surface area is 253 Å². The smallest absolute Gasteiger partial charge is 0.323 e. The second-order valence-electron chi connectivity index (χ2n) is 10.8. The number of benzene rings is 3. The molecule has 44 heavy (non-hydrogen) atoms. The number of nitrogens with one attached hydrogen (secondary N) is 3. The van der Waals surface area contributed by atoms with Crippen molar-refractivity contribution >= 4 is 35.0 Å². The Balaban J connectivity index is 1.33. The molecule has 12 nitrogen and oxygen atoms in total. The van der Waals surface area contributed by atoms with Crippen LogP contribution in [0.4, 0.5) is 31.0 Å². The van der Waals surface area contributed by atoms with Crippen LogP contribution in [0.2, 0.25) is 0 Å². The number of hydrogen-bond acceptors (Lipinski definition) is 7. The zero-order valence-electron chi connectivity index (χ0n) is 24.5.